The number of carbonyl (C=O) groups is 2. The van der Waals surface area contributed by atoms with Crippen LogP contribution in [0, 0.1) is 20.2 Å². The van der Waals surface area contributed by atoms with E-state index in [1.54, 1.807) is 0 Å². The standard InChI is InChI=1S/C16H19N5O6/c22-14-16(6-1-2-7-16)18-15(23)19(14)9-3-8-17-12-5-4-11(20(24)25)10-13(12)21(26)27/h4-5,10,17H,1-3,6-9H2,(H,18,23). The molecule has 0 aromatic heterocycles. The average Bonchev–Trinajstić information content (AvgIpc) is 3.18. The molecule has 1 aromatic carbocycles. The van der Waals surface area contributed by atoms with Crippen molar-refractivity contribution >= 4 is 29.0 Å². The van der Waals surface area contributed by atoms with Gasteiger partial charge in [0.05, 0.1) is 15.9 Å². The van der Waals surface area contributed by atoms with Crippen LogP contribution in [0.15, 0.2) is 18.2 Å². The van der Waals surface area contributed by atoms with Gasteiger partial charge in [-0.25, -0.2) is 4.79 Å². The molecule has 1 saturated heterocycles. The first-order valence-corrected chi connectivity index (χ1v) is 8.65. The summed E-state index contributed by atoms with van der Waals surface area (Å²) in [5.74, 6) is -0.202. The molecule has 3 rings (SSSR count). The smallest absolute Gasteiger partial charge is 0.325 e. The normalized spacial score (nSPS) is 18.0. The Morgan fingerprint density at radius 2 is 1.85 bits per heavy atom. The number of rotatable bonds is 7. The molecule has 0 bridgehead atoms. The summed E-state index contributed by atoms with van der Waals surface area (Å²) in [7, 11) is 0. The highest BCUT2D eigenvalue weighted by Gasteiger charge is 2.51. The fourth-order valence-corrected chi connectivity index (χ4v) is 3.59. The van der Waals surface area contributed by atoms with Crippen LogP contribution >= 0.6 is 0 Å². The Morgan fingerprint density at radius 1 is 1.15 bits per heavy atom. The lowest BCUT2D eigenvalue weighted by Gasteiger charge is -2.20. The minimum Gasteiger partial charge on any atom is -0.379 e. The van der Waals surface area contributed by atoms with Gasteiger partial charge in [0, 0.05) is 19.2 Å². The molecule has 1 saturated carbocycles. The number of urea groups is 1. The minimum atomic E-state index is -0.748. The van der Waals surface area contributed by atoms with Gasteiger partial charge in [-0.3, -0.25) is 29.9 Å². The Hall–Kier alpha value is -3.24. The van der Waals surface area contributed by atoms with E-state index >= 15 is 0 Å². The van der Waals surface area contributed by atoms with Crippen LogP contribution in [0.25, 0.3) is 0 Å². The largest absolute Gasteiger partial charge is 0.379 e. The number of benzene rings is 1. The van der Waals surface area contributed by atoms with Crippen molar-refractivity contribution in [2.45, 2.75) is 37.6 Å². The molecule has 1 aromatic rings. The molecule has 27 heavy (non-hydrogen) atoms. The van der Waals surface area contributed by atoms with Crippen LogP contribution in [-0.2, 0) is 4.79 Å². The molecule has 1 aliphatic heterocycles. The SMILES string of the molecule is O=C1NC2(CCCC2)C(=O)N1CCCNc1ccc([N+](=O)[O-])cc1[N+](=O)[O-]. The van der Waals surface area contributed by atoms with Crippen molar-refractivity contribution in [1.82, 2.24) is 10.2 Å². The van der Waals surface area contributed by atoms with Crippen molar-refractivity contribution in [1.29, 1.82) is 0 Å². The zero-order chi connectivity index (χ0) is 19.6. The first kappa shape index (κ1) is 18.5. The molecule has 1 heterocycles. The van der Waals surface area contributed by atoms with Crippen molar-refractivity contribution in [2.24, 2.45) is 0 Å². The zero-order valence-corrected chi connectivity index (χ0v) is 14.5. The summed E-state index contributed by atoms with van der Waals surface area (Å²) in [6.45, 7) is 0.461. The maximum absolute atomic E-state index is 12.5. The third kappa shape index (κ3) is 3.52. The van der Waals surface area contributed by atoms with Gasteiger partial charge in [-0.2, -0.15) is 0 Å². The molecule has 3 amide bonds. The van der Waals surface area contributed by atoms with E-state index in [-0.39, 0.29) is 30.4 Å². The van der Waals surface area contributed by atoms with Gasteiger partial charge in [-0.1, -0.05) is 12.8 Å². The van der Waals surface area contributed by atoms with Crippen LogP contribution in [0.5, 0.6) is 0 Å². The van der Waals surface area contributed by atoms with Crippen molar-refractivity contribution in [3.63, 3.8) is 0 Å². The van der Waals surface area contributed by atoms with Gasteiger partial charge >= 0.3 is 6.03 Å². The molecule has 144 valence electrons. The molecular formula is C16H19N5O6. The summed E-state index contributed by atoms with van der Waals surface area (Å²) >= 11 is 0. The van der Waals surface area contributed by atoms with Gasteiger partial charge in [-0.15, -0.1) is 0 Å². The molecule has 11 nitrogen and oxygen atoms in total. The number of nitrogens with zero attached hydrogens (tertiary/aromatic N) is 3. The quantitative estimate of drug-likeness (QED) is 0.320. The highest BCUT2D eigenvalue weighted by atomic mass is 16.6. The van der Waals surface area contributed by atoms with Crippen LogP contribution in [0.1, 0.15) is 32.1 Å². The lowest BCUT2D eigenvalue weighted by Crippen LogP contribution is -2.44. The number of nitrogens with one attached hydrogen (secondary N) is 2. The molecule has 1 aliphatic carbocycles. The monoisotopic (exact) mass is 377 g/mol. The second kappa shape index (κ2) is 7.17. The van der Waals surface area contributed by atoms with E-state index in [2.05, 4.69) is 10.6 Å². The summed E-state index contributed by atoms with van der Waals surface area (Å²) < 4.78 is 0. The zero-order valence-electron chi connectivity index (χ0n) is 14.5. The van der Waals surface area contributed by atoms with Crippen LogP contribution in [0.4, 0.5) is 21.9 Å². The third-order valence-electron chi connectivity index (χ3n) is 4.97. The maximum Gasteiger partial charge on any atom is 0.325 e. The number of anilines is 1. The van der Waals surface area contributed by atoms with E-state index in [9.17, 15) is 29.8 Å². The van der Waals surface area contributed by atoms with E-state index in [1.807, 2.05) is 0 Å². The number of carbonyl (C=O) groups excluding carboxylic acids is 2. The van der Waals surface area contributed by atoms with E-state index in [1.165, 1.54) is 17.0 Å². The average molecular weight is 377 g/mol. The van der Waals surface area contributed by atoms with E-state index in [0.717, 1.165) is 18.9 Å². The summed E-state index contributed by atoms with van der Waals surface area (Å²) in [6, 6.07) is 2.95. The second-order valence-corrected chi connectivity index (χ2v) is 6.67. The molecular weight excluding hydrogens is 358 g/mol. The number of hydrogen-bond acceptors (Lipinski definition) is 7. The number of imide groups is 1. The Labute approximate surface area is 154 Å². The van der Waals surface area contributed by atoms with Crippen molar-refractivity contribution in [3.8, 4) is 0 Å². The van der Waals surface area contributed by atoms with Crippen molar-refractivity contribution in [2.75, 3.05) is 18.4 Å². The fourth-order valence-electron chi connectivity index (χ4n) is 3.59. The highest BCUT2D eigenvalue weighted by molar-refractivity contribution is 6.07. The lowest BCUT2D eigenvalue weighted by molar-refractivity contribution is -0.393. The van der Waals surface area contributed by atoms with Crippen LogP contribution in [-0.4, -0.2) is 45.3 Å². The summed E-state index contributed by atoms with van der Waals surface area (Å²) in [5.41, 5.74) is -1.37. The molecule has 0 radical (unpaired) electrons. The molecule has 1 spiro atoms. The molecule has 2 N–H and O–H groups in total. The van der Waals surface area contributed by atoms with E-state index in [4.69, 9.17) is 0 Å². The number of amides is 3. The summed E-state index contributed by atoms with van der Waals surface area (Å²) in [4.78, 5) is 46.2. The van der Waals surface area contributed by atoms with Gasteiger partial charge in [0.25, 0.3) is 17.3 Å². The maximum atomic E-state index is 12.5. The topological polar surface area (TPSA) is 148 Å². The predicted octanol–water partition coefficient (Wildman–Crippen LogP) is 2.17. The van der Waals surface area contributed by atoms with Gasteiger partial charge in [-0.05, 0) is 25.3 Å². The first-order valence-electron chi connectivity index (χ1n) is 8.65. The van der Waals surface area contributed by atoms with Crippen LogP contribution < -0.4 is 10.6 Å². The van der Waals surface area contributed by atoms with Gasteiger partial charge in [0.2, 0.25) is 0 Å². The molecule has 11 heteroatoms. The summed E-state index contributed by atoms with van der Waals surface area (Å²) in [5, 5.41) is 27.5. The Bertz CT molecular complexity index is 804. The predicted molar refractivity (Wildman–Crippen MR) is 94.3 cm³/mol. The number of nitro benzene ring substituents is 2. The van der Waals surface area contributed by atoms with Crippen LogP contribution in [0.3, 0.4) is 0 Å². The Balaban J connectivity index is 1.58. The molecule has 2 fully saturated rings. The number of hydrogen-bond donors (Lipinski definition) is 2. The minimum absolute atomic E-state index is 0.148. The van der Waals surface area contributed by atoms with Gasteiger partial charge < -0.3 is 10.6 Å². The third-order valence-corrected chi connectivity index (χ3v) is 4.97. The van der Waals surface area contributed by atoms with Crippen LogP contribution in [0.2, 0.25) is 0 Å². The second-order valence-electron chi connectivity index (χ2n) is 6.67. The first-order chi connectivity index (χ1) is 12.8. The number of nitro groups is 2. The van der Waals surface area contributed by atoms with Gasteiger partial charge in [0.15, 0.2) is 0 Å². The Morgan fingerprint density at radius 3 is 2.48 bits per heavy atom. The highest BCUT2D eigenvalue weighted by Crippen LogP contribution is 2.35. The number of non-ortho nitro benzene ring substituents is 1. The Kier molecular flexibility index (Phi) is 4.93. The molecule has 2 aliphatic rings. The lowest BCUT2D eigenvalue weighted by atomic mass is 9.98. The summed E-state index contributed by atoms with van der Waals surface area (Å²) in [6.07, 6.45) is 3.52. The molecule has 0 atom stereocenters. The van der Waals surface area contributed by atoms with Gasteiger partial charge in [0.1, 0.15) is 11.2 Å². The molecule has 0 unspecified atom stereocenters. The van der Waals surface area contributed by atoms with Crippen molar-refractivity contribution in [3.05, 3.63) is 38.4 Å². The van der Waals surface area contributed by atoms with E-state index < -0.39 is 27.1 Å². The van der Waals surface area contributed by atoms with E-state index in [0.29, 0.717) is 19.3 Å². The van der Waals surface area contributed by atoms with Crippen molar-refractivity contribution < 1.29 is 19.4 Å². The fraction of sp³-hybridized carbons (Fsp3) is 0.500.